The van der Waals surface area contributed by atoms with Gasteiger partial charge in [0.25, 0.3) is 11.6 Å². The van der Waals surface area contributed by atoms with Gasteiger partial charge in [-0.2, -0.15) is 0 Å². The summed E-state index contributed by atoms with van der Waals surface area (Å²) < 4.78 is 10.6. The SMILES string of the molecule is COc1ccc(CC(=O)NNC(=O)c2ccc(SC[C@H]3CCCO3)c([N+](=O)[O-])c2)cc1. The summed E-state index contributed by atoms with van der Waals surface area (Å²) in [7, 11) is 1.55. The van der Waals surface area contributed by atoms with Gasteiger partial charge in [-0.25, -0.2) is 0 Å². The summed E-state index contributed by atoms with van der Waals surface area (Å²) in [4.78, 5) is 35.8. The van der Waals surface area contributed by atoms with E-state index in [2.05, 4.69) is 10.9 Å². The van der Waals surface area contributed by atoms with Crippen LogP contribution in [0.15, 0.2) is 47.4 Å². The molecular weight excluding hydrogens is 422 g/mol. The maximum absolute atomic E-state index is 12.3. The maximum Gasteiger partial charge on any atom is 0.283 e. The summed E-state index contributed by atoms with van der Waals surface area (Å²) in [5, 5.41) is 11.5. The molecule has 1 aliphatic heterocycles. The molecule has 2 aromatic carbocycles. The van der Waals surface area contributed by atoms with E-state index in [1.165, 1.54) is 23.9 Å². The molecule has 1 heterocycles. The third kappa shape index (κ3) is 6.43. The first-order valence-electron chi connectivity index (χ1n) is 9.71. The number of ether oxygens (including phenoxy) is 2. The van der Waals surface area contributed by atoms with Crippen LogP contribution in [0.5, 0.6) is 5.75 Å². The summed E-state index contributed by atoms with van der Waals surface area (Å²) in [6.07, 6.45) is 2.09. The van der Waals surface area contributed by atoms with E-state index < -0.39 is 16.7 Å². The minimum absolute atomic E-state index is 0.0588. The zero-order chi connectivity index (χ0) is 22.2. The Morgan fingerprint density at radius 3 is 2.65 bits per heavy atom. The van der Waals surface area contributed by atoms with Gasteiger partial charge in [-0.3, -0.25) is 30.6 Å². The molecule has 1 aliphatic rings. The Bertz CT molecular complexity index is 945. The second kappa shape index (κ2) is 10.8. The van der Waals surface area contributed by atoms with Crippen LogP contribution in [0.3, 0.4) is 0 Å². The average Bonchev–Trinajstić information content (AvgIpc) is 3.30. The highest BCUT2D eigenvalue weighted by molar-refractivity contribution is 7.99. The summed E-state index contributed by atoms with van der Waals surface area (Å²) in [6.45, 7) is 0.719. The molecule has 0 spiro atoms. The number of nitrogens with one attached hydrogen (secondary N) is 2. The molecule has 10 heteroatoms. The van der Waals surface area contributed by atoms with E-state index in [1.54, 1.807) is 37.4 Å². The Morgan fingerprint density at radius 2 is 2.00 bits per heavy atom. The molecule has 2 amide bonds. The molecule has 9 nitrogen and oxygen atoms in total. The lowest BCUT2D eigenvalue weighted by atomic mass is 10.1. The summed E-state index contributed by atoms with van der Waals surface area (Å²) in [6, 6.07) is 11.2. The monoisotopic (exact) mass is 445 g/mol. The highest BCUT2D eigenvalue weighted by Crippen LogP contribution is 2.32. The van der Waals surface area contributed by atoms with Gasteiger partial charge >= 0.3 is 0 Å². The first kappa shape index (κ1) is 22.6. The number of carbonyl (C=O) groups excluding carboxylic acids is 2. The van der Waals surface area contributed by atoms with Crippen molar-refractivity contribution in [2.45, 2.75) is 30.3 Å². The lowest BCUT2D eigenvalue weighted by Gasteiger charge is -2.10. The van der Waals surface area contributed by atoms with E-state index >= 15 is 0 Å². The molecular formula is C21H23N3O6S. The molecule has 2 aromatic rings. The van der Waals surface area contributed by atoms with Gasteiger partial charge in [0.1, 0.15) is 5.75 Å². The number of nitro benzene ring substituents is 1. The van der Waals surface area contributed by atoms with E-state index in [4.69, 9.17) is 9.47 Å². The molecule has 0 aromatic heterocycles. The van der Waals surface area contributed by atoms with Crippen LogP contribution in [0, 0.1) is 10.1 Å². The van der Waals surface area contributed by atoms with Crippen molar-refractivity contribution >= 4 is 29.3 Å². The number of nitro groups is 1. The lowest BCUT2D eigenvalue weighted by molar-refractivity contribution is -0.387. The number of hydrazine groups is 1. The molecule has 0 aliphatic carbocycles. The van der Waals surface area contributed by atoms with Crippen molar-refractivity contribution in [1.29, 1.82) is 0 Å². The Labute approximate surface area is 183 Å². The third-order valence-electron chi connectivity index (χ3n) is 4.71. The normalized spacial score (nSPS) is 15.3. The van der Waals surface area contributed by atoms with Crippen molar-refractivity contribution in [2.75, 3.05) is 19.5 Å². The van der Waals surface area contributed by atoms with Gasteiger partial charge in [-0.15, -0.1) is 11.8 Å². The van der Waals surface area contributed by atoms with Gasteiger partial charge in [-0.1, -0.05) is 12.1 Å². The Kier molecular flexibility index (Phi) is 7.85. The van der Waals surface area contributed by atoms with Crippen LogP contribution in [0.2, 0.25) is 0 Å². The van der Waals surface area contributed by atoms with E-state index in [-0.39, 0.29) is 23.8 Å². The smallest absolute Gasteiger partial charge is 0.283 e. The quantitative estimate of drug-likeness (QED) is 0.364. The summed E-state index contributed by atoms with van der Waals surface area (Å²) >= 11 is 1.34. The molecule has 31 heavy (non-hydrogen) atoms. The van der Waals surface area contributed by atoms with Gasteiger partial charge in [-0.05, 0) is 42.7 Å². The van der Waals surface area contributed by atoms with Gasteiger partial charge in [0, 0.05) is 24.0 Å². The Hall–Kier alpha value is -3.11. The number of hydrogen-bond donors (Lipinski definition) is 2. The standard InChI is InChI=1S/C21H23N3O6S/c1-29-16-7-4-14(5-8-16)11-20(25)22-23-21(26)15-6-9-19(18(12-15)24(27)28)31-13-17-3-2-10-30-17/h4-9,12,17H,2-3,10-11,13H2,1H3,(H,22,25)(H,23,26)/t17-/m1/s1. The first-order chi connectivity index (χ1) is 15.0. The molecule has 1 fully saturated rings. The van der Waals surface area contributed by atoms with Crippen molar-refractivity contribution < 1.29 is 24.0 Å². The van der Waals surface area contributed by atoms with Crippen LogP contribution in [0.1, 0.15) is 28.8 Å². The van der Waals surface area contributed by atoms with E-state index in [0.29, 0.717) is 16.4 Å². The topological polar surface area (TPSA) is 120 Å². The first-order valence-corrected chi connectivity index (χ1v) is 10.7. The maximum atomic E-state index is 12.3. The van der Waals surface area contributed by atoms with E-state index in [1.807, 2.05) is 0 Å². The molecule has 0 unspecified atom stereocenters. The zero-order valence-electron chi connectivity index (χ0n) is 17.0. The highest BCUT2D eigenvalue weighted by atomic mass is 32.2. The minimum Gasteiger partial charge on any atom is -0.497 e. The number of thioether (sulfide) groups is 1. The van der Waals surface area contributed by atoms with Gasteiger partial charge in [0.05, 0.1) is 29.5 Å². The number of benzene rings is 2. The summed E-state index contributed by atoms with van der Waals surface area (Å²) in [5.41, 5.74) is 5.29. The summed E-state index contributed by atoms with van der Waals surface area (Å²) in [5.74, 6) is 0.239. The van der Waals surface area contributed by atoms with Gasteiger partial charge in [0.2, 0.25) is 5.91 Å². The highest BCUT2D eigenvalue weighted by Gasteiger charge is 2.21. The second-order valence-corrected chi connectivity index (χ2v) is 7.97. The minimum atomic E-state index is -0.637. The molecule has 1 atom stereocenters. The third-order valence-corrected chi connectivity index (χ3v) is 5.90. The van der Waals surface area contributed by atoms with E-state index in [9.17, 15) is 19.7 Å². The second-order valence-electron chi connectivity index (χ2n) is 6.91. The van der Waals surface area contributed by atoms with Crippen molar-refractivity contribution in [3.63, 3.8) is 0 Å². The van der Waals surface area contributed by atoms with Crippen molar-refractivity contribution in [2.24, 2.45) is 0 Å². The van der Waals surface area contributed by atoms with Crippen LogP contribution in [-0.4, -0.2) is 42.3 Å². The molecule has 164 valence electrons. The number of rotatable bonds is 8. The van der Waals surface area contributed by atoms with E-state index in [0.717, 1.165) is 25.0 Å². The number of amides is 2. The number of carbonyl (C=O) groups is 2. The predicted octanol–water partition coefficient (Wildman–Crippen LogP) is 2.88. The molecule has 0 bridgehead atoms. The zero-order valence-corrected chi connectivity index (χ0v) is 17.8. The fraction of sp³-hybridized carbons (Fsp3) is 0.333. The molecule has 3 rings (SSSR count). The number of methoxy groups -OCH3 is 1. The Balaban J connectivity index is 1.56. The van der Waals surface area contributed by atoms with Crippen LogP contribution in [-0.2, 0) is 16.0 Å². The van der Waals surface area contributed by atoms with Crippen LogP contribution in [0.25, 0.3) is 0 Å². The van der Waals surface area contributed by atoms with Crippen LogP contribution >= 0.6 is 11.8 Å². The van der Waals surface area contributed by atoms with Crippen LogP contribution in [0.4, 0.5) is 5.69 Å². The van der Waals surface area contributed by atoms with Crippen LogP contribution < -0.4 is 15.6 Å². The largest absolute Gasteiger partial charge is 0.497 e. The molecule has 0 radical (unpaired) electrons. The van der Waals surface area contributed by atoms with Crippen molar-refractivity contribution in [3.8, 4) is 5.75 Å². The fourth-order valence-corrected chi connectivity index (χ4v) is 4.13. The molecule has 0 saturated carbocycles. The predicted molar refractivity (Wildman–Crippen MR) is 115 cm³/mol. The molecule has 1 saturated heterocycles. The molecule has 2 N–H and O–H groups in total. The van der Waals surface area contributed by atoms with Crippen molar-refractivity contribution in [1.82, 2.24) is 10.9 Å². The van der Waals surface area contributed by atoms with Gasteiger partial charge < -0.3 is 9.47 Å². The number of hydrogen-bond acceptors (Lipinski definition) is 7. The Morgan fingerprint density at radius 1 is 1.23 bits per heavy atom. The fourth-order valence-electron chi connectivity index (χ4n) is 3.05. The van der Waals surface area contributed by atoms with Crippen molar-refractivity contribution in [3.05, 3.63) is 63.7 Å². The number of nitrogens with zero attached hydrogens (tertiary/aromatic N) is 1. The average molecular weight is 445 g/mol. The lowest BCUT2D eigenvalue weighted by Crippen LogP contribution is -2.42. The van der Waals surface area contributed by atoms with Gasteiger partial charge in [0.15, 0.2) is 0 Å².